The van der Waals surface area contributed by atoms with Crippen molar-refractivity contribution in [3.05, 3.63) is 93.2 Å². The molecule has 2 aromatic carbocycles. The molecule has 0 radical (unpaired) electrons. The molecule has 1 heterocycles. The summed E-state index contributed by atoms with van der Waals surface area (Å²) in [6.07, 6.45) is 0. The van der Waals surface area contributed by atoms with E-state index < -0.39 is 5.97 Å². The minimum absolute atomic E-state index is 0.0512. The highest BCUT2D eigenvalue weighted by atomic mass is 32.1. The first-order valence-corrected chi connectivity index (χ1v) is 8.20. The fourth-order valence-electron chi connectivity index (χ4n) is 2.69. The molecule has 0 unspecified atom stereocenters. The van der Waals surface area contributed by atoms with Gasteiger partial charge in [-0.3, -0.25) is 4.79 Å². The highest BCUT2D eigenvalue weighted by Gasteiger charge is 2.28. The van der Waals surface area contributed by atoms with Gasteiger partial charge in [0.25, 0.3) is 0 Å². The van der Waals surface area contributed by atoms with Crippen LogP contribution in [0.2, 0.25) is 0 Å². The largest absolute Gasteiger partial charge is 0.375 e. The third-order valence-electron chi connectivity index (χ3n) is 3.80. The van der Waals surface area contributed by atoms with Gasteiger partial charge in [0.1, 0.15) is 10.6 Å². The van der Waals surface area contributed by atoms with E-state index in [1.54, 1.807) is 53.9 Å². The van der Waals surface area contributed by atoms with Crippen molar-refractivity contribution in [3.8, 4) is 0 Å². The van der Waals surface area contributed by atoms with Crippen LogP contribution in [-0.4, -0.2) is 17.5 Å². The lowest BCUT2D eigenvalue weighted by molar-refractivity contribution is 0.0523. The van der Waals surface area contributed by atoms with Gasteiger partial charge >= 0.3 is 5.97 Å². The zero-order valence-corrected chi connectivity index (χ0v) is 13.2. The van der Waals surface area contributed by atoms with Crippen molar-refractivity contribution in [3.63, 3.8) is 0 Å². The first-order chi connectivity index (χ1) is 11.8. The van der Waals surface area contributed by atoms with Crippen LogP contribution >= 0.6 is 11.3 Å². The highest BCUT2D eigenvalue weighted by molar-refractivity contribution is 7.11. The minimum Gasteiger partial charge on any atom is -0.311 e. The highest BCUT2D eigenvalue weighted by Crippen LogP contribution is 2.27. The maximum absolute atomic E-state index is 12.6. The van der Waals surface area contributed by atoms with Crippen molar-refractivity contribution in [1.29, 1.82) is 0 Å². The molecule has 24 heavy (non-hydrogen) atoms. The molecule has 1 aromatic heterocycles. The fourth-order valence-corrected chi connectivity index (χ4v) is 3.28. The topological polar surface area (TPSA) is 55.7 Å². The molecule has 0 saturated heterocycles. The van der Waals surface area contributed by atoms with Crippen LogP contribution < -0.4 is 0 Å². The number of carbonyl (C=O) groups excluding carboxylic acids is 2. The summed E-state index contributed by atoms with van der Waals surface area (Å²) in [4.78, 5) is 30.3. The van der Waals surface area contributed by atoms with Crippen molar-refractivity contribution in [2.45, 2.75) is 0 Å². The van der Waals surface area contributed by atoms with Gasteiger partial charge in [-0.05, 0) is 11.4 Å². The van der Waals surface area contributed by atoms with Crippen LogP contribution in [0.25, 0.3) is 0 Å². The number of benzene rings is 2. The summed E-state index contributed by atoms with van der Waals surface area (Å²) in [6.45, 7) is 0. The van der Waals surface area contributed by atoms with Gasteiger partial charge in [-0.25, -0.2) is 4.79 Å². The van der Waals surface area contributed by atoms with E-state index in [1.807, 2.05) is 12.1 Å². The molecule has 0 saturated carbocycles. The van der Waals surface area contributed by atoms with Crippen molar-refractivity contribution in [2.75, 3.05) is 0 Å². The van der Waals surface area contributed by atoms with Gasteiger partial charge < -0.3 is 4.84 Å². The Labute approximate surface area is 142 Å². The van der Waals surface area contributed by atoms with Gasteiger partial charge in [-0.2, -0.15) is 0 Å². The minimum atomic E-state index is -0.510. The normalized spacial score (nSPS) is 12.3. The zero-order valence-electron chi connectivity index (χ0n) is 12.4. The van der Waals surface area contributed by atoms with Crippen LogP contribution in [0.1, 0.15) is 36.7 Å². The lowest BCUT2D eigenvalue weighted by Crippen LogP contribution is -2.22. The van der Waals surface area contributed by atoms with E-state index in [4.69, 9.17) is 4.84 Å². The summed E-state index contributed by atoms with van der Waals surface area (Å²) in [6, 6.07) is 17.8. The van der Waals surface area contributed by atoms with Gasteiger partial charge in [0.05, 0.1) is 0 Å². The van der Waals surface area contributed by atoms with E-state index in [0.717, 1.165) is 0 Å². The average Bonchev–Trinajstić information content (AvgIpc) is 3.16. The fraction of sp³-hybridized carbons (Fsp3) is 0. The van der Waals surface area contributed by atoms with Crippen LogP contribution in [0.4, 0.5) is 0 Å². The van der Waals surface area contributed by atoms with Crippen LogP contribution in [0, 0.1) is 0 Å². The van der Waals surface area contributed by atoms with Crippen molar-refractivity contribution in [1.82, 2.24) is 0 Å². The Kier molecular flexibility index (Phi) is 3.55. The Balaban J connectivity index is 1.80. The molecule has 116 valence electrons. The number of ketones is 1. The van der Waals surface area contributed by atoms with Crippen LogP contribution in [0.5, 0.6) is 0 Å². The molecule has 1 aliphatic rings. The summed E-state index contributed by atoms with van der Waals surface area (Å²) in [5, 5.41) is 5.88. The molecule has 0 bridgehead atoms. The number of hydrogen-bond donors (Lipinski definition) is 0. The lowest BCUT2D eigenvalue weighted by atomic mass is 9.84. The van der Waals surface area contributed by atoms with Gasteiger partial charge in [0.15, 0.2) is 5.78 Å². The second-order valence-electron chi connectivity index (χ2n) is 5.22. The van der Waals surface area contributed by atoms with E-state index in [9.17, 15) is 9.59 Å². The molecule has 4 rings (SSSR count). The Hall–Kier alpha value is -3.05. The van der Waals surface area contributed by atoms with Crippen molar-refractivity contribution < 1.29 is 14.4 Å². The Bertz CT molecular complexity index is 922. The standard InChI is InChI=1S/C19H11NO3S/c21-18-14-8-3-1-6-12(14)17(13-7-2-4-9-15(13)18)20-23-19(22)16-10-5-11-24-16/h1-11H. The first kappa shape index (κ1) is 14.5. The van der Waals surface area contributed by atoms with Crippen molar-refractivity contribution in [2.24, 2.45) is 5.16 Å². The number of carbonyl (C=O) groups is 2. The number of fused-ring (bicyclic) bond motifs is 2. The van der Waals surface area contributed by atoms with Crippen LogP contribution in [-0.2, 0) is 4.84 Å². The molecule has 0 N–H and O–H groups in total. The van der Waals surface area contributed by atoms with Crippen molar-refractivity contribution >= 4 is 28.8 Å². The van der Waals surface area contributed by atoms with Gasteiger partial charge in [0, 0.05) is 22.3 Å². The predicted octanol–water partition coefficient (Wildman–Crippen LogP) is 3.90. The quantitative estimate of drug-likeness (QED) is 0.413. The number of nitrogens with zero attached hydrogens (tertiary/aromatic N) is 1. The molecule has 0 fully saturated rings. The summed E-state index contributed by atoms with van der Waals surface area (Å²) < 4.78 is 0. The zero-order chi connectivity index (χ0) is 16.5. The van der Waals surface area contributed by atoms with Crippen LogP contribution in [0.15, 0.2) is 71.2 Å². The first-order valence-electron chi connectivity index (χ1n) is 7.32. The molecule has 5 heteroatoms. The summed E-state index contributed by atoms with van der Waals surface area (Å²) in [5.74, 6) is -0.561. The number of oxime groups is 1. The third-order valence-corrected chi connectivity index (χ3v) is 4.65. The van der Waals surface area contributed by atoms with E-state index in [1.165, 1.54) is 11.3 Å². The Morgan fingerprint density at radius 2 is 1.42 bits per heavy atom. The number of hydrogen-bond acceptors (Lipinski definition) is 5. The SMILES string of the molecule is O=C(ON=C1c2ccccc2C(=O)c2ccccc21)c1cccs1. The number of thiophene rings is 1. The Morgan fingerprint density at radius 3 is 1.96 bits per heavy atom. The second kappa shape index (κ2) is 5.86. The molecular weight excluding hydrogens is 322 g/mol. The van der Waals surface area contributed by atoms with Gasteiger partial charge in [-0.1, -0.05) is 59.8 Å². The van der Waals surface area contributed by atoms with E-state index in [0.29, 0.717) is 32.8 Å². The molecule has 1 aliphatic carbocycles. The summed E-state index contributed by atoms with van der Waals surface area (Å²) in [5.41, 5.74) is 2.94. The number of rotatable bonds is 2. The molecular formula is C19H11NO3S. The molecule has 0 atom stereocenters. The van der Waals surface area contributed by atoms with E-state index in [2.05, 4.69) is 5.16 Å². The van der Waals surface area contributed by atoms with Gasteiger partial charge in [0.2, 0.25) is 0 Å². The average molecular weight is 333 g/mol. The molecule has 3 aromatic rings. The Morgan fingerprint density at radius 1 is 0.833 bits per heavy atom. The van der Waals surface area contributed by atoms with Crippen LogP contribution in [0.3, 0.4) is 0 Å². The molecule has 4 nitrogen and oxygen atoms in total. The smallest absolute Gasteiger partial charge is 0.311 e. The summed E-state index contributed by atoms with van der Waals surface area (Å²) in [7, 11) is 0. The monoisotopic (exact) mass is 333 g/mol. The maximum Gasteiger partial charge on any atom is 0.375 e. The molecule has 0 amide bonds. The van der Waals surface area contributed by atoms with Gasteiger partial charge in [-0.15, -0.1) is 11.3 Å². The summed E-state index contributed by atoms with van der Waals surface area (Å²) >= 11 is 1.29. The van der Waals surface area contributed by atoms with E-state index >= 15 is 0 Å². The van der Waals surface area contributed by atoms with E-state index in [-0.39, 0.29) is 5.78 Å². The maximum atomic E-state index is 12.6. The second-order valence-corrected chi connectivity index (χ2v) is 6.16. The lowest BCUT2D eigenvalue weighted by Gasteiger charge is -2.19. The third kappa shape index (κ3) is 2.35. The predicted molar refractivity (Wildman–Crippen MR) is 91.7 cm³/mol. The molecule has 0 aliphatic heterocycles. The molecule has 0 spiro atoms.